The molecular formula is C21H20N2O6S. The lowest BCUT2D eigenvalue weighted by Gasteiger charge is -2.13. The second-order valence-corrected chi connectivity index (χ2v) is 7.67. The summed E-state index contributed by atoms with van der Waals surface area (Å²) >= 11 is 1.13. The maximum Gasteiger partial charge on any atom is 0.339 e. The zero-order valence-corrected chi connectivity index (χ0v) is 17.2. The second kappa shape index (κ2) is 9.45. The van der Waals surface area contributed by atoms with Crippen molar-refractivity contribution >= 4 is 41.1 Å². The van der Waals surface area contributed by atoms with Crippen molar-refractivity contribution in [2.75, 3.05) is 26.1 Å². The molecule has 3 amide bonds. The normalized spacial score (nSPS) is 15.8. The van der Waals surface area contributed by atoms with Crippen molar-refractivity contribution in [3.05, 3.63) is 54.1 Å². The summed E-state index contributed by atoms with van der Waals surface area (Å²) in [4.78, 5) is 50.1. The Labute approximate surface area is 177 Å². The lowest BCUT2D eigenvalue weighted by Crippen LogP contribution is -2.26. The summed E-state index contributed by atoms with van der Waals surface area (Å²) in [5.74, 6) is -1.29. The number of benzene rings is 2. The van der Waals surface area contributed by atoms with Crippen LogP contribution < -0.4 is 10.1 Å². The standard InChI is InChI=1S/C21H20N2O6S/c1-23-19(25)11-17(20(23)26)30-16-10-6-3-7-13(16)21(27)29-12-18(24)22-14-8-4-5-9-15(14)28-2/h3-10,17H,11-12H2,1-2H3,(H,22,24). The van der Waals surface area contributed by atoms with Crippen molar-refractivity contribution in [2.24, 2.45) is 0 Å². The highest BCUT2D eigenvalue weighted by molar-refractivity contribution is 8.00. The van der Waals surface area contributed by atoms with Crippen molar-refractivity contribution in [1.82, 2.24) is 4.90 Å². The minimum absolute atomic E-state index is 0.0741. The van der Waals surface area contributed by atoms with Crippen molar-refractivity contribution in [3.8, 4) is 5.75 Å². The Balaban J connectivity index is 1.63. The van der Waals surface area contributed by atoms with Crippen LogP contribution in [0.15, 0.2) is 53.4 Å². The van der Waals surface area contributed by atoms with Crippen LogP contribution in [0.25, 0.3) is 0 Å². The van der Waals surface area contributed by atoms with Crippen LogP contribution in [0.3, 0.4) is 0 Å². The van der Waals surface area contributed by atoms with Gasteiger partial charge in [-0.3, -0.25) is 19.3 Å². The minimum atomic E-state index is -0.696. The molecule has 156 valence electrons. The summed E-state index contributed by atoms with van der Waals surface area (Å²) in [6, 6.07) is 13.5. The second-order valence-electron chi connectivity index (χ2n) is 6.42. The molecule has 1 unspecified atom stereocenters. The van der Waals surface area contributed by atoms with Crippen LogP contribution in [0.4, 0.5) is 5.69 Å². The van der Waals surface area contributed by atoms with Gasteiger partial charge in [0.2, 0.25) is 11.8 Å². The molecule has 1 heterocycles. The van der Waals surface area contributed by atoms with E-state index in [1.54, 1.807) is 48.5 Å². The summed E-state index contributed by atoms with van der Waals surface area (Å²) in [5, 5.41) is 2.03. The molecule has 1 fully saturated rings. The molecule has 0 spiro atoms. The summed E-state index contributed by atoms with van der Waals surface area (Å²) in [6.45, 7) is -0.487. The van der Waals surface area contributed by atoms with Gasteiger partial charge in [-0.05, 0) is 24.3 Å². The van der Waals surface area contributed by atoms with Gasteiger partial charge in [0.25, 0.3) is 5.91 Å². The number of likely N-dealkylation sites (tertiary alicyclic amines) is 1. The number of hydrogen-bond donors (Lipinski definition) is 1. The number of anilines is 1. The van der Waals surface area contributed by atoms with Crippen LogP contribution in [-0.4, -0.2) is 54.6 Å². The monoisotopic (exact) mass is 428 g/mol. The van der Waals surface area contributed by atoms with E-state index in [2.05, 4.69) is 5.32 Å². The molecule has 0 aliphatic carbocycles. The average molecular weight is 428 g/mol. The first-order chi connectivity index (χ1) is 14.4. The van der Waals surface area contributed by atoms with Gasteiger partial charge in [-0.15, -0.1) is 11.8 Å². The maximum absolute atomic E-state index is 12.5. The first-order valence-electron chi connectivity index (χ1n) is 9.06. The molecule has 1 atom stereocenters. The molecule has 1 N–H and O–H groups in total. The minimum Gasteiger partial charge on any atom is -0.495 e. The van der Waals surface area contributed by atoms with Crippen LogP contribution in [0, 0.1) is 0 Å². The predicted molar refractivity (Wildman–Crippen MR) is 110 cm³/mol. The highest BCUT2D eigenvalue weighted by Crippen LogP contribution is 2.33. The molecule has 1 saturated heterocycles. The SMILES string of the molecule is COc1ccccc1NC(=O)COC(=O)c1ccccc1SC1CC(=O)N(C)C1=O. The number of para-hydroxylation sites is 2. The number of rotatable bonds is 7. The predicted octanol–water partition coefficient (Wildman–Crippen LogP) is 2.34. The van der Waals surface area contributed by atoms with E-state index in [4.69, 9.17) is 9.47 Å². The lowest BCUT2D eigenvalue weighted by atomic mass is 10.2. The zero-order chi connectivity index (χ0) is 21.7. The van der Waals surface area contributed by atoms with Crippen LogP contribution in [0.2, 0.25) is 0 Å². The molecule has 1 aliphatic rings. The van der Waals surface area contributed by atoms with E-state index >= 15 is 0 Å². The highest BCUT2D eigenvalue weighted by atomic mass is 32.2. The van der Waals surface area contributed by atoms with Gasteiger partial charge >= 0.3 is 5.97 Å². The molecule has 1 aliphatic heterocycles. The highest BCUT2D eigenvalue weighted by Gasteiger charge is 2.37. The third-order valence-electron chi connectivity index (χ3n) is 4.43. The summed E-state index contributed by atoms with van der Waals surface area (Å²) in [6.07, 6.45) is 0.0741. The Morgan fingerprint density at radius 1 is 1.13 bits per heavy atom. The number of ether oxygens (including phenoxy) is 2. The van der Waals surface area contributed by atoms with Crippen LogP contribution in [0.5, 0.6) is 5.75 Å². The van der Waals surface area contributed by atoms with E-state index in [0.717, 1.165) is 16.7 Å². The largest absolute Gasteiger partial charge is 0.495 e. The van der Waals surface area contributed by atoms with Crippen LogP contribution in [0.1, 0.15) is 16.8 Å². The Morgan fingerprint density at radius 2 is 1.83 bits per heavy atom. The fourth-order valence-corrected chi connectivity index (χ4v) is 4.08. The van der Waals surface area contributed by atoms with Crippen molar-refractivity contribution < 1.29 is 28.7 Å². The first-order valence-corrected chi connectivity index (χ1v) is 9.94. The van der Waals surface area contributed by atoms with Crippen molar-refractivity contribution in [2.45, 2.75) is 16.6 Å². The van der Waals surface area contributed by atoms with Gasteiger partial charge in [0, 0.05) is 18.4 Å². The van der Waals surface area contributed by atoms with Gasteiger partial charge in [0.05, 0.1) is 23.6 Å². The topological polar surface area (TPSA) is 102 Å². The van der Waals surface area contributed by atoms with Gasteiger partial charge in [-0.2, -0.15) is 0 Å². The van der Waals surface area contributed by atoms with E-state index in [1.165, 1.54) is 14.2 Å². The fraction of sp³-hybridized carbons (Fsp3) is 0.238. The molecule has 3 rings (SSSR count). The van der Waals surface area contributed by atoms with Gasteiger partial charge in [0.1, 0.15) is 5.75 Å². The molecule has 0 bridgehead atoms. The average Bonchev–Trinajstić information content (AvgIpc) is 2.99. The summed E-state index contributed by atoms with van der Waals surface area (Å²) in [5.41, 5.74) is 0.688. The summed E-state index contributed by atoms with van der Waals surface area (Å²) in [7, 11) is 2.92. The van der Waals surface area contributed by atoms with Gasteiger partial charge in [-0.1, -0.05) is 24.3 Å². The van der Waals surface area contributed by atoms with E-state index in [1.807, 2.05) is 0 Å². The molecule has 9 heteroatoms. The molecule has 0 radical (unpaired) electrons. The molecular weight excluding hydrogens is 408 g/mol. The number of thioether (sulfide) groups is 1. The van der Waals surface area contributed by atoms with Gasteiger partial charge in [0.15, 0.2) is 6.61 Å². The Hall–Kier alpha value is -3.33. The molecule has 0 saturated carbocycles. The molecule has 30 heavy (non-hydrogen) atoms. The molecule has 2 aromatic carbocycles. The molecule has 8 nitrogen and oxygen atoms in total. The van der Waals surface area contributed by atoms with Crippen molar-refractivity contribution in [3.63, 3.8) is 0 Å². The van der Waals surface area contributed by atoms with Gasteiger partial charge < -0.3 is 14.8 Å². The molecule has 2 aromatic rings. The number of nitrogens with one attached hydrogen (secondary N) is 1. The third kappa shape index (κ3) is 4.80. The van der Waals surface area contributed by atoms with E-state index in [-0.39, 0.29) is 23.8 Å². The first kappa shape index (κ1) is 21.4. The van der Waals surface area contributed by atoms with E-state index in [0.29, 0.717) is 16.3 Å². The number of carbonyl (C=O) groups excluding carboxylic acids is 4. The number of esters is 1. The quantitative estimate of drug-likeness (QED) is 0.533. The number of methoxy groups -OCH3 is 1. The Morgan fingerprint density at radius 3 is 2.53 bits per heavy atom. The number of amides is 3. The maximum atomic E-state index is 12.5. The molecule has 0 aromatic heterocycles. The number of hydrogen-bond acceptors (Lipinski definition) is 7. The van der Waals surface area contributed by atoms with Crippen molar-refractivity contribution in [1.29, 1.82) is 0 Å². The smallest absolute Gasteiger partial charge is 0.339 e. The van der Waals surface area contributed by atoms with Crippen LogP contribution >= 0.6 is 11.8 Å². The lowest BCUT2D eigenvalue weighted by molar-refractivity contribution is -0.136. The Bertz CT molecular complexity index is 993. The zero-order valence-electron chi connectivity index (χ0n) is 16.4. The number of carbonyl (C=O) groups is 4. The van der Waals surface area contributed by atoms with E-state index in [9.17, 15) is 19.2 Å². The van der Waals surface area contributed by atoms with Crippen LogP contribution in [-0.2, 0) is 19.1 Å². The fourth-order valence-electron chi connectivity index (χ4n) is 2.85. The van der Waals surface area contributed by atoms with E-state index < -0.39 is 23.7 Å². The number of imide groups is 1. The summed E-state index contributed by atoms with van der Waals surface area (Å²) < 4.78 is 10.3. The Kier molecular flexibility index (Phi) is 6.73. The third-order valence-corrected chi connectivity index (χ3v) is 5.69. The number of nitrogens with zero attached hydrogens (tertiary/aromatic N) is 1. The van der Waals surface area contributed by atoms with Gasteiger partial charge in [-0.25, -0.2) is 4.79 Å².